The number of ether oxygens (including phenoxy) is 1. The molecule has 1 fully saturated rings. The second kappa shape index (κ2) is 12.4. The van der Waals surface area contributed by atoms with Gasteiger partial charge in [0.15, 0.2) is 5.96 Å². The molecule has 0 saturated carbocycles. The molecule has 0 aromatic carbocycles. The van der Waals surface area contributed by atoms with Gasteiger partial charge in [0.1, 0.15) is 12.1 Å². The Balaban J connectivity index is 0.00000676. The lowest BCUT2D eigenvalue weighted by atomic mass is 9.98. The third kappa shape index (κ3) is 9.62. The molecule has 158 valence electrons. The summed E-state index contributed by atoms with van der Waals surface area (Å²) in [5, 5.41) is 6.33. The Labute approximate surface area is 181 Å². The molecule has 0 aromatic rings. The highest BCUT2D eigenvalue weighted by Gasteiger charge is 2.27. The fraction of sp³-hybridized carbons (Fsp3) is 0.842. The van der Waals surface area contributed by atoms with Gasteiger partial charge in [0.05, 0.1) is 0 Å². The van der Waals surface area contributed by atoms with Crippen LogP contribution in [0.2, 0.25) is 0 Å². The summed E-state index contributed by atoms with van der Waals surface area (Å²) in [6.45, 7) is 11.3. The van der Waals surface area contributed by atoms with Crippen LogP contribution < -0.4 is 10.6 Å². The maximum atomic E-state index is 12.5. The number of aliphatic imine (C=N–C) groups is 1. The van der Waals surface area contributed by atoms with Crippen LogP contribution in [0.4, 0.5) is 0 Å². The van der Waals surface area contributed by atoms with Gasteiger partial charge < -0.3 is 20.3 Å². The molecule has 1 aliphatic heterocycles. The molecule has 0 unspecified atom stereocenters. The van der Waals surface area contributed by atoms with Gasteiger partial charge in [-0.05, 0) is 46.5 Å². The SMILES string of the molecule is CCC(CC)C(=O)N1CCC(NC(=NC)NCC(=O)OC(C)(C)C)CC1.I. The van der Waals surface area contributed by atoms with Gasteiger partial charge in [-0.25, -0.2) is 0 Å². The van der Waals surface area contributed by atoms with E-state index in [1.165, 1.54) is 0 Å². The normalized spacial score (nSPS) is 16.0. The number of rotatable bonds is 6. The summed E-state index contributed by atoms with van der Waals surface area (Å²) in [4.78, 5) is 30.4. The van der Waals surface area contributed by atoms with Crippen molar-refractivity contribution in [3.63, 3.8) is 0 Å². The van der Waals surface area contributed by atoms with E-state index in [-0.39, 0.29) is 54.4 Å². The van der Waals surface area contributed by atoms with Crippen molar-refractivity contribution >= 4 is 41.8 Å². The number of carbonyl (C=O) groups excluding carboxylic acids is 2. The molecule has 0 radical (unpaired) electrons. The number of piperidine rings is 1. The molecule has 0 bridgehead atoms. The summed E-state index contributed by atoms with van der Waals surface area (Å²) in [5.41, 5.74) is -0.496. The number of hydrogen-bond acceptors (Lipinski definition) is 4. The fourth-order valence-electron chi connectivity index (χ4n) is 3.06. The van der Waals surface area contributed by atoms with Crippen molar-refractivity contribution in [2.45, 2.75) is 71.9 Å². The molecule has 1 aliphatic rings. The molecule has 0 atom stereocenters. The maximum absolute atomic E-state index is 12.5. The number of amides is 1. The molecule has 1 heterocycles. The van der Waals surface area contributed by atoms with Crippen LogP contribution in [0.3, 0.4) is 0 Å². The first-order valence-corrected chi connectivity index (χ1v) is 9.68. The summed E-state index contributed by atoms with van der Waals surface area (Å²) in [6, 6.07) is 0.241. The minimum Gasteiger partial charge on any atom is -0.459 e. The zero-order chi connectivity index (χ0) is 19.7. The van der Waals surface area contributed by atoms with E-state index in [0.29, 0.717) is 5.96 Å². The Morgan fingerprint density at radius 1 is 1.19 bits per heavy atom. The highest BCUT2D eigenvalue weighted by molar-refractivity contribution is 14.0. The van der Waals surface area contributed by atoms with Gasteiger partial charge in [-0.3, -0.25) is 14.6 Å². The van der Waals surface area contributed by atoms with E-state index >= 15 is 0 Å². The third-order valence-electron chi connectivity index (χ3n) is 4.53. The van der Waals surface area contributed by atoms with Crippen LogP contribution in [0.5, 0.6) is 0 Å². The number of halogens is 1. The Bertz CT molecular complexity index is 494. The van der Waals surface area contributed by atoms with Crippen LogP contribution in [0.1, 0.15) is 60.3 Å². The Morgan fingerprint density at radius 2 is 1.74 bits per heavy atom. The lowest BCUT2D eigenvalue weighted by Gasteiger charge is -2.34. The van der Waals surface area contributed by atoms with E-state index in [0.717, 1.165) is 38.8 Å². The van der Waals surface area contributed by atoms with E-state index in [1.54, 1.807) is 7.05 Å². The molecule has 2 N–H and O–H groups in total. The first kappa shape index (κ1) is 25.9. The van der Waals surface area contributed by atoms with E-state index in [4.69, 9.17) is 4.74 Å². The molecule has 0 aromatic heterocycles. The number of likely N-dealkylation sites (tertiary alicyclic amines) is 1. The molecule has 8 heteroatoms. The topological polar surface area (TPSA) is 83.0 Å². The molecule has 0 aliphatic carbocycles. The average molecular weight is 496 g/mol. The molecular weight excluding hydrogens is 459 g/mol. The number of guanidine groups is 1. The van der Waals surface area contributed by atoms with Gasteiger partial charge in [-0.1, -0.05) is 13.8 Å². The van der Waals surface area contributed by atoms with Crippen molar-refractivity contribution in [3.05, 3.63) is 0 Å². The Kier molecular flexibility index (Phi) is 11.9. The third-order valence-corrected chi connectivity index (χ3v) is 4.53. The smallest absolute Gasteiger partial charge is 0.325 e. The Hall–Kier alpha value is -1.06. The molecule has 7 nitrogen and oxygen atoms in total. The van der Waals surface area contributed by atoms with Crippen LogP contribution in [0.15, 0.2) is 4.99 Å². The number of nitrogens with one attached hydrogen (secondary N) is 2. The minimum absolute atomic E-state index is 0. The van der Waals surface area contributed by atoms with Crippen molar-refractivity contribution in [3.8, 4) is 0 Å². The molecular formula is C19H37IN4O3. The molecule has 1 amide bonds. The molecule has 27 heavy (non-hydrogen) atoms. The lowest BCUT2D eigenvalue weighted by molar-refractivity contribution is -0.153. The molecule has 1 rings (SSSR count). The molecule has 0 spiro atoms. The summed E-state index contributed by atoms with van der Waals surface area (Å²) >= 11 is 0. The van der Waals surface area contributed by atoms with Gasteiger partial charge in [0.25, 0.3) is 0 Å². The van der Waals surface area contributed by atoms with Gasteiger partial charge in [0, 0.05) is 32.1 Å². The van der Waals surface area contributed by atoms with Gasteiger partial charge in [-0.15, -0.1) is 24.0 Å². The van der Waals surface area contributed by atoms with Crippen molar-refractivity contribution in [1.29, 1.82) is 0 Å². The van der Waals surface area contributed by atoms with Crippen LogP contribution in [-0.4, -0.2) is 61.1 Å². The van der Waals surface area contributed by atoms with Crippen molar-refractivity contribution in [2.24, 2.45) is 10.9 Å². The predicted octanol–water partition coefficient (Wildman–Crippen LogP) is 2.54. The number of carbonyl (C=O) groups is 2. The average Bonchev–Trinajstić information content (AvgIpc) is 2.58. The second-order valence-corrected chi connectivity index (χ2v) is 7.77. The molecule has 1 saturated heterocycles. The van der Waals surface area contributed by atoms with E-state index in [1.807, 2.05) is 25.7 Å². The van der Waals surface area contributed by atoms with E-state index in [2.05, 4.69) is 29.5 Å². The van der Waals surface area contributed by atoms with Gasteiger partial charge in [0.2, 0.25) is 5.91 Å². The highest BCUT2D eigenvalue weighted by Crippen LogP contribution is 2.17. The largest absolute Gasteiger partial charge is 0.459 e. The number of nitrogens with zero attached hydrogens (tertiary/aromatic N) is 2. The van der Waals surface area contributed by atoms with Gasteiger partial charge >= 0.3 is 5.97 Å². The highest BCUT2D eigenvalue weighted by atomic mass is 127. The first-order valence-electron chi connectivity index (χ1n) is 9.68. The van der Waals surface area contributed by atoms with Crippen LogP contribution in [0.25, 0.3) is 0 Å². The second-order valence-electron chi connectivity index (χ2n) is 7.77. The van der Waals surface area contributed by atoms with Crippen molar-refractivity contribution in [2.75, 3.05) is 26.7 Å². The maximum Gasteiger partial charge on any atom is 0.325 e. The summed E-state index contributed by atoms with van der Waals surface area (Å²) in [6.07, 6.45) is 3.54. The zero-order valence-corrected chi connectivity index (χ0v) is 20.0. The van der Waals surface area contributed by atoms with Crippen LogP contribution >= 0.6 is 24.0 Å². The predicted molar refractivity (Wildman–Crippen MR) is 119 cm³/mol. The van der Waals surface area contributed by atoms with E-state index < -0.39 is 5.60 Å². The summed E-state index contributed by atoms with van der Waals surface area (Å²) < 4.78 is 5.28. The van der Waals surface area contributed by atoms with E-state index in [9.17, 15) is 9.59 Å². The van der Waals surface area contributed by atoms with Crippen LogP contribution in [-0.2, 0) is 14.3 Å². The standard InChI is InChI=1S/C19H36N4O3.HI/c1-7-14(8-2)17(25)23-11-9-15(10-12-23)22-18(20-6)21-13-16(24)26-19(3,4)5;/h14-15H,7-13H2,1-6H3,(H2,20,21,22);1H. The Morgan fingerprint density at radius 3 is 2.19 bits per heavy atom. The van der Waals surface area contributed by atoms with Crippen molar-refractivity contribution < 1.29 is 14.3 Å². The van der Waals surface area contributed by atoms with Crippen molar-refractivity contribution in [1.82, 2.24) is 15.5 Å². The monoisotopic (exact) mass is 496 g/mol. The minimum atomic E-state index is -0.496. The number of esters is 1. The fourth-order valence-corrected chi connectivity index (χ4v) is 3.06. The summed E-state index contributed by atoms with van der Waals surface area (Å²) in [7, 11) is 1.68. The number of hydrogen-bond donors (Lipinski definition) is 2. The lowest BCUT2D eigenvalue weighted by Crippen LogP contribution is -2.51. The quantitative estimate of drug-likeness (QED) is 0.256. The van der Waals surface area contributed by atoms with Crippen LogP contribution in [0, 0.1) is 5.92 Å². The first-order chi connectivity index (χ1) is 12.2. The van der Waals surface area contributed by atoms with Gasteiger partial charge in [-0.2, -0.15) is 0 Å². The zero-order valence-electron chi connectivity index (χ0n) is 17.6. The summed E-state index contributed by atoms with van der Waals surface area (Å²) in [5.74, 6) is 0.690.